The van der Waals surface area contributed by atoms with Crippen molar-refractivity contribution in [2.45, 2.75) is 6.43 Å². The molecule has 0 saturated carbocycles. The van der Waals surface area contributed by atoms with Crippen molar-refractivity contribution in [3.05, 3.63) is 15.6 Å². The monoisotopic (exact) mass is 382 g/mol. The Bertz CT molecular complexity index is 716. The molecule has 3 rings (SSSR count). The first-order valence-corrected chi connectivity index (χ1v) is 6.65. The molecule has 0 spiro atoms. The Labute approximate surface area is 117 Å². The van der Waals surface area contributed by atoms with Crippen molar-refractivity contribution >= 4 is 38.9 Å². The van der Waals surface area contributed by atoms with Gasteiger partial charge in [-0.15, -0.1) is 10.2 Å². The van der Waals surface area contributed by atoms with Gasteiger partial charge in [-0.2, -0.15) is 14.7 Å². The highest BCUT2D eigenvalue weighted by Crippen LogP contribution is 2.29. The van der Waals surface area contributed by atoms with Gasteiger partial charge >= 0.3 is 0 Å². The number of rotatable bonds is 2. The molecule has 0 fully saturated rings. The molecule has 0 aliphatic rings. The molecule has 3 aromatic rings. The number of nitrogens with zero attached hydrogens (tertiary/aromatic N) is 6. The van der Waals surface area contributed by atoms with E-state index in [1.54, 1.807) is 11.7 Å². The van der Waals surface area contributed by atoms with E-state index in [1.807, 2.05) is 6.20 Å². The summed E-state index contributed by atoms with van der Waals surface area (Å²) in [4.78, 5) is 0.335. The van der Waals surface area contributed by atoms with E-state index in [0.717, 1.165) is 8.09 Å². The molecule has 0 aliphatic carbocycles. The first-order chi connectivity index (χ1) is 8.56. The van der Waals surface area contributed by atoms with Gasteiger partial charge in [-0.1, -0.05) is 11.3 Å². The highest BCUT2D eigenvalue weighted by Gasteiger charge is 2.21. The maximum atomic E-state index is 12.6. The highest BCUT2D eigenvalue weighted by molar-refractivity contribution is 14.1. The van der Waals surface area contributed by atoms with Crippen LogP contribution in [-0.4, -0.2) is 29.6 Å². The summed E-state index contributed by atoms with van der Waals surface area (Å²) in [6.45, 7) is 0. The van der Waals surface area contributed by atoms with Crippen LogP contribution in [0, 0.1) is 3.57 Å². The summed E-state index contributed by atoms with van der Waals surface area (Å²) in [6.07, 6.45) is -0.871. The van der Waals surface area contributed by atoms with Gasteiger partial charge < -0.3 is 0 Å². The zero-order valence-electron chi connectivity index (χ0n) is 8.88. The van der Waals surface area contributed by atoms with Crippen LogP contribution in [0.3, 0.4) is 0 Å². The minimum Gasteiger partial charge on any atom is -0.274 e. The smallest absolute Gasteiger partial charge is 0.274 e. The van der Waals surface area contributed by atoms with Crippen molar-refractivity contribution in [3.63, 3.8) is 0 Å². The van der Waals surface area contributed by atoms with Gasteiger partial charge in [0.25, 0.3) is 6.43 Å². The van der Waals surface area contributed by atoms with Crippen LogP contribution in [0.4, 0.5) is 8.78 Å². The lowest BCUT2D eigenvalue weighted by molar-refractivity contribution is 0.137. The van der Waals surface area contributed by atoms with Gasteiger partial charge in [-0.05, 0) is 22.6 Å². The first-order valence-electron chi connectivity index (χ1n) is 4.76. The van der Waals surface area contributed by atoms with Gasteiger partial charge in [-0.25, -0.2) is 8.78 Å². The third kappa shape index (κ3) is 1.79. The van der Waals surface area contributed by atoms with Gasteiger partial charge in [0.05, 0.1) is 3.57 Å². The number of hydrogen-bond acceptors (Lipinski definition) is 5. The molecule has 6 nitrogen and oxygen atoms in total. The quantitative estimate of drug-likeness (QED) is 0.638. The number of fused-ring (bicyclic) bond motifs is 1. The molecule has 94 valence electrons. The largest absolute Gasteiger partial charge is 0.299 e. The van der Waals surface area contributed by atoms with Crippen LogP contribution in [-0.2, 0) is 7.05 Å². The van der Waals surface area contributed by atoms with E-state index in [0.29, 0.717) is 15.7 Å². The van der Waals surface area contributed by atoms with Crippen molar-refractivity contribution in [2.24, 2.45) is 7.05 Å². The molecule has 0 unspecified atom stereocenters. The van der Waals surface area contributed by atoms with Crippen molar-refractivity contribution in [3.8, 4) is 10.7 Å². The molecule has 3 heterocycles. The van der Waals surface area contributed by atoms with E-state index < -0.39 is 12.2 Å². The molecule has 0 radical (unpaired) electrons. The van der Waals surface area contributed by atoms with Crippen LogP contribution in [0.1, 0.15) is 12.2 Å². The number of alkyl halides is 2. The number of aromatic nitrogens is 6. The van der Waals surface area contributed by atoms with Crippen LogP contribution in [0.15, 0.2) is 6.20 Å². The molecule has 0 atom stereocenters. The van der Waals surface area contributed by atoms with Gasteiger partial charge in [0.15, 0.2) is 5.01 Å². The average Bonchev–Trinajstić information content (AvgIpc) is 2.90. The van der Waals surface area contributed by atoms with Crippen LogP contribution < -0.4 is 0 Å². The third-order valence-corrected chi connectivity index (χ3v) is 3.89. The van der Waals surface area contributed by atoms with Crippen LogP contribution in [0.2, 0.25) is 0 Å². The summed E-state index contributed by atoms with van der Waals surface area (Å²) in [5.74, 6) is -0.446. The lowest BCUT2D eigenvalue weighted by Crippen LogP contribution is -1.96. The number of aryl methyl sites for hydroxylation is 1. The predicted octanol–water partition coefficient (Wildman–Crippen LogP) is 2.13. The van der Waals surface area contributed by atoms with Gasteiger partial charge in [0.1, 0.15) is 5.69 Å². The summed E-state index contributed by atoms with van der Waals surface area (Å²) in [5.41, 5.74) is 0.661. The third-order valence-electron chi connectivity index (χ3n) is 2.20. The maximum absolute atomic E-state index is 12.6. The summed E-state index contributed by atoms with van der Waals surface area (Å²) in [5, 5.41) is 15.9. The second-order valence-corrected chi connectivity index (χ2v) is 5.58. The fourth-order valence-corrected chi connectivity index (χ4v) is 3.26. The molecule has 0 aliphatic heterocycles. The number of hydrogen-bond donors (Lipinski definition) is 0. The minimum atomic E-state index is -2.70. The molecule has 0 saturated heterocycles. The standard InChI is InChI=1S/C8H5F2IN6S/c1-16-2-3(11)4(14-16)7-15-17-6(5(9)10)12-13-8(17)18-7/h2,5H,1H3. The zero-order valence-corrected chi connectivity index (χ0v) is 11.9. The fourth-order valence-electron chi connectivity index (χ4n) is 1.47. The minimum absolute atomic E-state index is 0.335. The van der Waals surface area contributed by atoms with Gasteiger partial charge in [-0.3, -0.25) is 4.68 Å². The van der Waals surface area contributed by atoms with Crippen LogP contribution in [0.5, 0.6) is 0 Å². The topological polar surface area (TPSA) is 60.9 Å². The van der Waals surface area contributed by atoms with E-state index in [2.05, 4.69) is 43.0 Å². The van der Waals surface area contributed by atoms with Crippen molar-refractivity contribution in [1.29, 1.82) is 0 Å². The first kappa shape index (κ1) is 11.9. The van der Waals surface area contributed by atoms with Crippen molar-refractivity contribution in [1.82, 2.24) is 29.6 Å². The van der Waals surface area contributed by atoms with E-state index in [9.17, 15) is 8.78 Å². The average molecular weight is 382 g/mol. The van der Waals surface area contributed by atoms with E-state index >= 15 is 0 Å². The Hall–Kier alpha value is -1.17. The van der Waals surface area contributed by atoms with Gasteiger partial charge in [0.2, 0.25) is 10.8 Å². The zero-order chi connectivity index (χ0) is 12.9. The summed E-state index contributed by atoms with van der Waals surface area (Å²) >= 11 is 3.30. The molecule has 18 heavy (non-hydrogen) atoms. The SMILES string of the molecule is Cn1cc(I)c(-c2nn3c(C(F)F)nnc3s2)n1. The molecule has 0 bridgehead atoms. The lowest BCUT2D eigenvalue weighted by Gasteiger charge is -1.92. The second-order valence-electron chi connectivity index (χ2n) is 3.46. The van der Waals surface area contributed by atoms with E-state index in [-0.39, 0.29) is 0 Å². The molecular formula is C8H5F2IN6S. The molecule has 0 N–H and O–H groups in total. The number of halogens is 3. The van der Waals surface area contributed by atoms with E-state index in [4.69, 9.17) is 0 Å². The Morgan fingerprint density at radius 1 is 1.33 bits per heavy atom. The summed E-state index contributed by atoms with van der Waals surface area (Å²) < 4.78 is 28.9. The summed E-state index contributed by atoms with van der Waals surface area (Å²) in [7, 11) is 1.79. The molecule has 3 aromatic heterocycles. The maximum Gasteiger partial charge on any atom is 0.299 e. The normalized spacial score (nSPS) is 11.8. The predicted molar refractivity (Wildman–Crippen MR) is 68.5 cm³/mol. The summed E-state index contributed by atoms with van der Waals surface area (Å²) in [6, 6.07) is 0. The van der Waals surface area contributed by atoms with Crippen LogP contribution >= 0.6 is 33.9 Å². The highest BCUT2D eigenvalue weighted by atomic mass is 127. The Morgan fingerprint density at radius 3 is 2.72 bits per heavy atom. The Balaban J connectivity index is 2.17. The molecular weight excluding hydrogens is 377 g/mol. The lowest BCUT2D eigenvalue weighted by atomic mass is 10.5. The molecule has 0 aromatic carbocycles. The Kier molecular flexibility index (Phi) is 2.77. The van der Waals surface area contributed by atoms with Gasteiger partial charge in [0, 0.05) is 13.2 Å². The van der Waals surface area contributed by atoms with Crippen molar-refractivity contribution < 1.29 is 8.78 Å². The van der Waals surface area contributed by atoms with Crippen molar-refractivity contribution in [2.75, 3.05) is 0 Å². The van der Waals surface area contributed by atoms with E-state index in [1.165, 1.54) is 11.3 Å². The fraction of sp³-hybridized carbons (Fsp3) is 0.250. The Morgan fingerprint density at radius 2 is 2.11 bits per heavy atom. The second kappa shape index (κ2) is 4.19. The molecule has 0 amide bonds. The molecule has 10 heteroatoms. The van der Waals surface area contributed by atoms with Crippen LogP contribution in [0.25, 0.3) is 15.7 Å².